The number of hydrogen-bond donors (Lipinski definition) is 1. The molecule has 1 aromatic carbocycles. The van der Waals surface area contributed by atoms with Gasteiger partial charge >= 0.3 is 0 Å². The Morgan fingerprint density at radius 2 is 2.36 bits per heavy atom. The summed E-state index contributed by atoms with van der Waals surface area (Å²) in [5.74, 6) is 0. The van der Waals surface area contributed by atoms with Gasteiger partial charge in [0.15, 0.2) is 0 Å². The van der Waals surface area contributed by atoms with Gasteiger partial charge in [-0.1, -0.05) is 17.7 Å². The van der Waals surface area contributed by atoms with Crippen LogP contribution < -0.4 is 5.32 Å². The second-order valence-electron chi connectivity index (χ2n) is 2.01. The highest BCUT2D eigenvalue weighted by Crippen LogP contribution is 2.13. The highest BCUT2D eigenvalue weighted by Gasteiger charge is 1.90. The zero-order chi connectivity index (χ0) is 8.10. The van der Waals surface area contributed by atoms with E-state index in [1.807, 2.05) is 12.1 Å². The molecule has 1 radical (unpaired) electrons. The van der Waals surface area contributed by atoms with E-state index < -0.39 is 0 Å². The van der Waals surface area contributed by atoms with Crippen LogP contribution in [0.1, 0.15) is 0 Å². The minimum absolute atomic E-state index is 0.195. The SMILES string of the molecule is O=[C]CNc1cccc(Cl)c1. The van der Waals surface area contributed by atoms with Gasteiger partial charge in [-0.2, -0.15) is 0 Å². The lowest BCUT2D eigenvalue weighted by Crippen LogP contribution is -2.01. The summed E-state index contributed by atoms with van der Waals surface area (Å²) < 4.78 is 0. The highest BCUT2D eigenvalue weighted by atomic mass is 35.5. The van der Waals surface area contributed by atoms with Crippen molar-refractivity contribution in [3.8, 4) is 0 Å². The molecule has 57 valence electrons. The number of nitrogens with one attached hydrogen (secondary N) is 1. The molecule has 0 atom stereocenters. The van der Waals surface area contributed by atoms with Crippen molar-refractivity contribution >= 4 is 23.6 Å². The Bertz CT molecular complexity index is 250. The summed E-state index contributed by atoms with van der Waals surface area (Å²) >= 11 is 5.69. The fourth-order valence-electron chi connectivity index (χ4n) is 0.737. The molecule has 0 fully saturated rings. The summed E-state index contributed by atoms with van der Waals surface area (Å²) in [5, 5.41) is 3.48. The predicted molar refractivity (Wildman–Crippen MR) is 45.6 cm³/mol. The molecule has 11 heavy (non-hydrogen) atoms. The standard InChI is InChI=1S/C8H7ClNO/c9-7-2-1-3-8(6-7)10-4-5-11/h1-3,6,10H,4H2. The second-order valence-corrected chi connectivity index (χ2v) is 2.44. The van der Waals surface area contributed by atoms with Crippen LogP contribution in [0.4, 0.5) is 5.69 Å². The molecule has 1 rings (SSSR count). The van der Waals surface area contributed by atoms with Crippen molar-refractivity contribution in [2.45, 2.75) is 0 Å². The van der Waals surface area contributed by atoms with Crippen molar-refractivity contribution in [1.29, 1.82) is 0 Å². The van der Waals surface area contributed by atoms with Gasteiger partial charge in [0, 0.05) is 10.7 Å². The fraction of sp³-hybridized carbons (Fsp3) is 0.125. The van der Waals surface area contributed by atoms with Crippen LogP contribution in [0.3, 0.4) is 0 Å². The molecule has 1 aromatic rings. The van der Waals surface area contributed by atoms with Crippen molar-refractivity contribution in [1.82, 2.24) is 0 Å². The molecule has 1 N–H and O–H groups in total. The lowest BCUT2D eigenvalue weighted by molar-refractivity contribution is 0.557. The first-order chi connectivity index (χ1) is 5.33. The fourth-order valence-corrected chi connectivity index (χ4v) is 0.927. The van der Waals surface area contributed by atoms with Gasteiger partial charge < -0.3 is 5.32 Å². The van der Waals surface area contributed by atoms with Gasteiger partial charge in [-0.15, -0.1) is 0 Å². The summed E-state index contributed by atoms with van der Waals surface area (Å²) in [6.07, 6.45) is 1.73. The first-order valence-electron chi connectivity index (χ1n) is 3.17. The molecule has 0 aliphatic heterocycles. The van der Waals surface area contributed by atoms with Crippen molar-refractivity contribution in [2.24, 2.45) is 0 Å². The summed E-state index contributed by atoms with van der Waals surface area (Å²) in [4.78, 5) is 9.84. The predicted octanol–water partition coefficient (Wildman–Crippen LogP) is 1.86. The molecule has 0 unspecified atom stereocenters. The van der Waals surface area contributed by atoms with E-state index in [0.29, 0.717) is 5.02 Å². The lowest BCUT2D eigenvalue weighted by atomic mass is 10.3. The maximum atomic E-state index is 9.84. The van der Waals surface area contributed by atoms with Gasteiger partial charge in [0.1, 0.15) is 0 Å². The van der Waals surface area contributed by atoms with Gasteiger partial charge in [-0.25, -0.2) is 0 Å². The second kappa shape index (κ2) is 3.98. The van der Waals surface area contributed by atoms with Crippen LogP contribution >= 0.6 is 11.6 Å². The quantitative estimate of drug-likeness (QED) is 0.747. The van der Waals surface area contributed by atoms with E-state index in [0.717, 1.165) is 5.69 Å². The zero-order valence-corrected chi connectivity index (χ0v) is 6.56. The molecule has 0 heterocycles. The Hall–Kier alpha value is -1.02. The van der Waals surface area contributed by atoms with Gasteiger partial charge in [-0.05, 0) is 18.2 Å². The van der Waals surface area contributed by atoms with Crippen LogP contribution in [0, 0.1) is 0 Å². The monoisotopic (exact) mass is 168 g/mol. The third kappa shape index (κ3) is 2.60. The number of halogens is 1. The molecular formula is C8H7ClNO. The molecule has 0 aliphatic carbocycles. The number of carbonyl (C=O) groups excluding carboxylic acids is 1. The largest absolute Gasteiger partial charge is 0.377 e. The van der Waals surface area contributed by atoms with Crippen LogP contribution in [0.2, 0.25) is 5.02 Å². The van der Waals surface area contributed by atoms with E-state index in [1.54, 1.807) is 18.4 Å². The Balaban J connectivity index is 2.63. The zero-order valence-electron chi connectivity index (χ0n) is 5.80. The van der Waals surface area contributed by atoms with Crippen LogP contribution in [0.15, 0.2) is 24.3 Å². The third-order valence-electron chi connectivity index (χ3n) is 1.19. The molecule has 0 saturated carbocycles. The Morgan fingerprint density at radius 1 is 1.55 bits per heavy atom. The number of benzene rings is 1. The van der Waals surface area contributed by atoms with Crippen LogP contribution in [0.25, 0.3) is 0 Å². The summed E-state index contributed by atoms with van der Waals surface area (Å²) in [6, 6.07) is 7.18. The maximum absolute atomic E-state index is 9.84. The van der Waals surface area contributed by atoms with E-state index in [2.05, 4.69) is 5.32 Å². The van der Waals surface area contributed by atoms with E-state index in [4.69, 9.17) is 11.6 Å². The Kier molecular flexibility index (Phi) is 2.93. The van der Waals surface area contributed by atoms with Gasteiger partial charge in [0.05, 0.1) is 6.54 Å². The number of hydrogen-bond acceptors (Lipinski definition) is 2. The van der Waals surface area contributed by atoms with E-state index in [1.165, 1.54) is 0 Å². The molecule has 0 bridgehead atoms. The van der Waals surface area contributed by atoms with Gasteiger partial charge in [0.2, 0.25) is 6.29 Å². The molecule has 0 saturated heterocycles. The third-order valence-corrected chi connectivity index (χ3v) is 1.42. The first kappa shape index (κ1) is 8.08. The minimum Gasteiger partial charge on any atom is -0.377 e. The Morgan fingerprint density at radius 3 is 3.00 bits per heavy atom. The van der Waals surface area contributed by atoms with E-state index >= 15 is 0 Å². The molecule has 0 amide bonds. The molecule has 0 spiro atoms. The van der Waals surface area contributed by atoms with E-state index in [-0.39, 0.29) is 6.54 Å². The summed E-state index contributed by atoms with van der Waals surface area (Å²) in [7, 11) is 0. The average molecular weight is 169 g/mol. The molecule has 0 aromatic heterocycles. The minimum atomic E-state index is 0.195. The summed E-state index contributed by atoms with van der Waals surface area (Å²) in [5.41, 5.74) is 0.834. The number of rotatable bonds is 3. The van der Waals surface area contributed by atoms with Crippen molar-refractivity contribution in [2.75, 3.05) is 11.9 Å². The highest BCUT2D eigenvalue weighted by molar-refractivity contribution is 6.30. The molecule has 3 heteroatoms. The first-order valence-corrected chi connectivity index (χ1v) is 3.55. The lowest BCUT2D eigenvalue weighted by Gasteiger charge is -2.00. The molecule has 2 nitrogen and oxygen atoms in total. The van der Waals surface area contributed by atoms with Gasteiger partial charge in [0.25, 0.3) is 0 Å². The van der Waals surface area contributed by atoms with Crippen molar-refractivity contribution in [3.05, 3.63) is 29.3 Å². The Labute approximate surface area is 70.2 Å². The van der Waals surface area contributed by atoms with Crippen LogP contribution in [-0.2, 0) is 4.79 Å². The van der Waals surface area contributed by atoms with Crippen LogP contribution in [0.5, 0.6) is 0 Å². The van der Waals surface area contributed by atoms with Crippen molar-refractivity contribution in [3.63, 3.8) is 0 Å². The topological polar surface area (TPSA) is 29.1 Å². The smallest absolute Gasteiger partial charge is 0.219 e. The maximum Gasteiger partial charge on any atom is 0.219 e. The van der Waals surface area contributed by atoms with Crippen molar-refractivity contribution < 1.29 is 4.79 Å². The molecule has 0 aliphatic rings. The van der Waals surface area contributed by atoms with Crippen LogP contribution in [-0.4, -0.2) is 12.8 Å². The summed E-state index contributed by atoms with van der Waals surface area (Å²) in [6.45, 7) is 0.195. The van der Waals surface area contributed by atoms with Gasteiger partial charge in [-0.3, -0.25) is 4.79 Å². The number of anilines is 1. The normalized spacial score (nSPS) is 9.18. The molecular weight excluding hydrogens is 162 g/mol. The average Bonchev–Trinajstić information content (AvgIpc) is 2.01. The van der Waals surface area contributed by atoms with E-state index in [9.17, 15) is 4.79 Å².